The Balaban J connectivity index is 1.45. The lowest BCUT2D eigenvalue weighted by Gasteiger charge is -2.31. The van der Waals surface area contributed by atoms with E-state index < -0.39 is 6.10 Å². The quantitative estimate of drug-likeness (QED) is 0.671. The minimum absolute atomic E-state index is 0.177. The van der Waals surface area contributed by atoms with Gasteiger partial charge in [-0.2, -0.15) is 0 Å². The van der Waals surface area contributed by atoms with Gasteiger partial charge >= 0.3 is 0 Å². The monoisotopic (exact) mass is 398 g/mol. The van der Waals surface area contributed by atoms with Gasteiger partial charge in [-0.15, -0.1) is 0 Å². The van der Waals surface area contributed by atoms with E-state index in [2.05, 4.69) is 15.0 Å². The number of hydrogen-bond acceptors (Lipinski definition) is 6. The molecule has 0 spiro atoms. The smallest absolute Gasteiger partial charge is 0.274 e. The molecule has 0 bridgehead atoms. The van der Waals surface area contributed by atoms with Crippen LogP contribution < -0.4 is 0 Å². The van der Waals surface area contributed by atoms with E-state index in [1.165, 1.54) is 6.20 Å². The lowest BCUT2D eigenvalue weighted by atomic mass is 10.1. The van der Waals surface area contributed by atoms with E-state index in [9.17, 15) is 4.79 Å². The molecule has 144 valence electrons. The molecule has 0 aliphatic carbocycles. The van der Waals surface area contributed by atoms with Gasteiger partial charge in [0, 0.05) is 24.2 Å². The largest absolute Gasteiger partial charge is 0.442 e. The van der Waals surface area contributed by atoms with Crippen molar-refractivity contribution in [1.82, 2.24) is 19.9 Å². The molecule has 3 heterocycles. The topological polar surface area (TPSA) is 81.4 Å². The minimum atomic E-state index is -0.420. The first-order chi connectivity index (χ1) is 13.6. The van der Waals surface area contributed by atoms with E-state index in [1.54, 1.807) is 17.3 Å². The molecule has 8 heteroatoms. The molecule has 1 saturated heterocycles. The molecule has 0 saturated carbocycles. The Labute approximate surface area is 167 Å². The van der Waals surface area contributed by atoms with E-state index in [1.807, 2.05) is 31.2 Å². The average Bonchev–Trinajstić information content (AvgIpc) is 3.19. The molecular weight excluding hydrogens is 380 g/mol. The number of amides is 1. The van der Waals surface area contributed by atoms with Crippen molar-refractivity contribution in [3.05, 3.63) is 76.5 Å². The third-order valence-corrected chi connectivity index (χ3v) is 4.89. The van der Waals surface area contributed by atoms with Gasteiger partial charge in [-0.25, -0.2) is 9.97 Å². The van der Waals surface area contributed by atoms with Crippen LogP contribution >= 0.6 is 11.6 Å². The number of oxazole rings is 1. The summed E-state index contributed by atoms with van der Waals surface area (Å²) in [6.07, 6.45) is 4.88. The predicted octanol–water partition coefficient (Wildman–Crippen LogP) is 3.23. The van der Waals surface area contributed by atoms with Gasteiger partial charge in [0.15, 0.2) is 6.10 Å². The molecule has 0 N–H and O–H groups in total. The number of nitrogens with zero attached hydrogens (tertiary/aromatic N) is 4. The van der Waals surface area contributed by atoms with Crippen molar-refractivity contribution in [2.45, 2.75) is 19.4 Å². The zero-order valence-electron chi connectivity index (χ0n) is 15.3. The van der Waals surface area contributed by atoms with Crippen LogP contribution in [0.4, 0.5) is 0 Å². The third-order valence-electron chi connectivity index (χ3n) is 4.52. The van der Waals surface area contributed by atoms with Crippen LogP contribution in [0.2, 0.25) is 5.02 Å². The maximum Gasteiger partial charge on any atom is 0.274 e. The Morgan fingerprint density at radius 1 is 1.21 bits per heavy atom. The minimum Gasteiger partial charge on any atom is -0.442 e. The van der Waals surface area contributed by atoms with Crippen molar-refractivity contribution in [1.29, 1.82) is 0 Å². The number of ether oxygens (including phenoxy) is 1. The highest BCUT2D eigenvalue weighted by Gasteiger charge is 2.29. The highest BCUT2D eigenvalue weighted by molar-refractivity contribution is 6.31. The van der Waals surface area contributed by atoms with Crippen molar-refractivity contribution in [2.75, 3.05) is 19.7 Å². The Morgan fingerprint density at radius 2 is 2.07 bits per heavy atom. The number of hydrogen-bond donors (Lipinski definition) is 0. The molecular formula is C20H19ClN4O3. The van der Waals surface area contributed by atoms with Crippen molar-refractivity contribution >= 4 is 17.5 Å². The number of benzene rings is 1. The van der Waals surface area contributed by atoms with Crippen LogP contribution in [-0.4, -0.2) is 45.5 Å². The molecule has 1 aromatic carbocycles. The second-order valence-electron chi connectivity index (χ2n) is 6.59. The van der Waals surface area contributed by atoms with Gasteiger partial charge in [-0.3, -0.25) is 9.78 Å². The summed E-state index contributed by atoms with van der Waals surface area (Å²) in [5.41, 5.74) is 2.05. The van der Waals surface area contributed by atoms with Gasteiger partial charge in [0.1, 0.15) is 11.5 Å². The number of halogens is 1. The number of carbonyl (C=O) groups is 1. The first-order valence-electron chi connectivity index (χ1n) is 8.97. The summed E-state index contributed by atoms with van der Waals surface area (Å²) in [5, 5.41) is 0.686. The Hall–Kier alpha value is -2.77. The van der Waals surface area contributed by atoms with Crippen LogP contribution in [0.1, 0.15) is 39.5 Å². The lowest BCUT2D eigenvalue weighted by Crippen LogP contribution is -2.42. The Bertz CT molecular complexity index is 974. The van der Waals surface area contributed by atoms with Crippen LogP contribution in [0.25, 0.3) is 0 Å². The van der Waals surface area contributed by atoms with Crippen LogP contribution in [-0.2, 0) is 11.2 Å². The summed E-state index contributed by atoms with van der Waals surface area (Å²) in [6, 6.07) is 7.61. The van der Waals surface area contributed by atoms with E-state index in [0.717, 1.165) is 11.3 Å². The molecule has 0 unspecified atom stereocenters. The molecule has 4 rings (SSSR count). The van der Waals surface area contributed by atoms with Gasteiger partial charge in [-0.05, 0) is 18.6 Å². The number of morpholine rings is 1. The molecule has 0 radical (unpaired) electrons. The van der Waals surface area contributed by atoms with Crippen LogP contribution in [0.5, 0.6) is 0 Å². The third kappa shape index (κ3) is 4.05. The Morgan fingerprint density at radius 3 is 2.86 bits per heavy atom. The zero-order chi connectivity index (χ0) is 19.5. The maximum atomic E-state index is 12.7. The first-order valence-corrected chi connectivity index (χ1v) is 9.35. The van der Waals surface area contributed by atoms with Crippen molar-refractivity contribution in [3.63, 3.8) is 0 Å². The molecule has 1 aliphatic rings. The molecule has 1 atom stereocenters. The van der Waals surface area contributed by atoms with E-state index >= 15 is 0 Å². The average molecular weight is 399 g/mol. The van der Waals surface area contributed by atoms with Crippen molar-refractivity contribution in [3.8, 4) is 0 Å². The first kappa shape index (κ1) is 18.6. The van der Waals surface area contributed by atoms with E-state index in [-0.39, 0.29) is 5.91 Å². The van der Waals surface area contributed by atoms with Gasteiger partial charge in [0.25, 0.3) is 5.91 Å². The predicted molar refractivity (Wildman–Crippen MR) is 102 cm³/mol. The fraction of sp³-hybridized carbons (Fsp3) is 0.300. The normalized spacial score (nSPS) is 16.9. The van der Waals surface area contributed by atoms with Crippen molar-refractivity contribution in [2.24, 2.45) is 0 Å². The second-order valence-corrected chi connectivity index (χ2v) is 6.99. The van der Waals surface area contributed by atoms with Gasteiger partial charge < -0.3 is 14.1 Å². The van der Waals surface area contributed by atoms with Gasteiger partial charge in [-0.1, -0.05) is 29.8 Å². The number of aromatic nitrogens is 3. The fourth-order valence-corrected chi connectivity index (χ4v) is 3.23. The van der Waals surface area contributed by atoms with Gasteiger partial charge in [0.2, 0.25) is 5.89 Å². The van der Waals surface area contributed by atoms with Crippen LogP contribution in [0.3, 0.4) is 0 Å². The van der Waals surface area contributed by atoms with Gasteiger partial charge in [0.05, 0.1) is 31.2 Å². The summed E-state index contributed by atoms with van der Waals surface area (Å²) in [6.45, 7) is 3.06. The summed E-state index contributed by atoms with van der Waals surface area (Å²) >= 11 is 6.21. The summed E-state index contributed by atoms with van der Waals surface area (Å²) < 4.78 is 11.6. The summed E-state index contributed by atoms with van der Waals surface area (Å²) in [7, 11) is 0. The second kappa shape index (κ2) is 8.08. The van der Waals surface area contributed by atoms with E-state index in [0.29, 0.717) is 48.5 Å². The zero-order valence-corrected chi connectivity index (χ0v) is 16.1. The fourth-order valence-electron chi connectivity index (χ4n) is 3.03. The van der Waals surface area contributed by atoms with Crippen LogP contribution in [0.15, 0.2) is 47.3 Å². The lowest BCUT2D eigenvalue weighted by molar-refractivity contribution is -0.0351. The molecule has 1 amide bonds. The Kier molecular flexibility index (Phi) is 5.36. The van der Waals surface area contributed by atoms with E-state index in [4.69, 9.17) is 20.8 Å². The number of rotatable bonds is 4. The summed E-state index contributed by atoms with van der Waals surface area (Å²) in [5.74, 6) is 0.970. The summed E-state index contributed by atoms with van der Waals surface area (Å²) in [4.78, 5) is 27.0. The highest BCUT2D eigenvalue weighted by Crippen LogP contribution is 2.25. The molecule has 28 heavy (non-hydrogen) atoms. The van der Waals surface area contributed by atoms with Crippen molar-refractivity contribution < 1.29 is 13.9 Å². The number of carbonyl (C=O) groups excluding carboxylic acids is 1. The molecule has 3 aromatic rings. The molecule has 2 aromatic heterocycles. The molecule has 7 nitrogen and oxygen atoms in total. The molecule has 1 aliphatic heterocycles. The number of aryl methyl sites for hydroxylation is 1. The van der Waals surface area contributed by atoms with Crippen LogP contribution in [0, 0.1) is 6.92 Å². The molecule has 1 fully saturated rings. The SMILES string of the molecule is Cc1cnc(C(=O)N2CCO[C@@H](c3ncc(Cc4ccccc4Cl)o3)C2)cn1. The highest BCUT2D eigenvalue weighted by atomic mass is 35.5. The maximum absolute atomic E-state index is 12.7. The standard InChI is InChI=1S/C20H19ClN4O3/c1-13-9-23-17(11-22-13)20(26)25-6-7-27-18(12-25)19-24-10-15(28-19)8-14-4-2-3-5-16(14)21/h2-5,9-11,18H,6-8,12H2,1H3/t18-/m1/s1.